The highest BCUT2D eigenvalue weighted by molar-refractivity contribution is 6.13. The van der Waals surface area contributed by atoms with Crippen molar-refractivity contribution in [3.63, 3.8) is 0 Å². The molecule has 0 amide bonds. The summed E-state index contributed by atoms with van der Waals surface area (Å²) in [6.45, 7) is 2.87. The van der Waals surface area contributed by atoms with Crippen molar-refractivity contribution in [2.45, 2.75) is 25.0 Å². The van der Waals surface area contributed by atoms with Crippen LogP contribution in [0.3, 0.4) is 0 Å². The first-order valence-corrected chi connectivity index (χ1v) is 3.51. The van der Waals surface area contributed by atoms with Crippen molar-refractivity contribution in [2.75, 3.05) is 0 Å². The van der Waals surface area contributed by atoms with Gasteiger partial charge in [0.05, 0.1) is 5.41 Å². The monoisotopic (exact) mass is 172 g/mol. The molecule has 2 N–H and O–H groups in total. The maximum absolute atomic E-state index is 10.9. The van der Waals surface area contributed by atoms with E-state index in [1.807, 2.05) is 0 Å². The van der Waals surface area contributed by atoms with Crippen LogP contribution in [0.5, 0.6) is 0 Å². The average Bonchev–Trinajstić information content (AvgIpc) is 2.21. The van der Waals surface area contributed by atoms with E-state index < -0.39 is 28.6 Å². The molecule has 66 valence electrons. The van der Waals surface area contributed by atoms with Gasteiger partial charge < -0.3 is 14.9 Å². The van der Waals surface area contributed by atoms with Gasteiger partial charge in [0.25, 0.3) is 0 Å². The van der Waals surface area contributed by atoms with Gasteiger partial charge in [0.2, 0.25) is 11.2 Å². The van der Waals surface area contributed by atoms with Gasteiger partial charge in [0.15, 0.2) is 0 Å². The van der Waals surface area contributed by atoms with E-state index in [4.69, 9.17) is 0 Å². The van der Waals surface area contributed by atoms with Crippen LogP contribution in [0.2, 0.25) is 0 Å². The number of rotatable bonds is 0. The Morgan fingerprint density at radius 2 is 1.42 bits per heavy atom. The highest BCUT2D eigenvalue weighted by Gasteiger charge is 2.95. The average molecular weight is 172 g/mol. The van der Waals surface area contributed by atoms with Crippen molar-refractivity contribution >= 4 is 11.9 Å². The van der Waals surface area contributed by atoms with E-state index in [1.165, 1.54) is 13.8 Å². The van der Waals surface area contributed by atoms with Crippen LogP contribution < -0.4 is 0 Å². The molecule has 5 heteroatoms. The first-order chi connectivity index (χ1) is 5.30. The van der Waals surface area contributed by atoms with Gasteiger partial charge in [-0.1, -0.05) is 13.8 Å². The van der Waals surface area contributed by atoms with Crippen molar-refractivity contribution in [3.05, 3.63) is 0 Å². The third kappa shape index (κ3) is 0.367. The molecule has 0 bridgehead atoms. The summed E-state index contributed by atoms with van der Waals surface area (Å²) in [4.78, 5) is 21.8. The zero-order valence-corrected chi connectivity index (χ0v) is 6.62. The molecule has 2 atom stereocenters. The molecule has 0 radical (unpaired) electrons. The van der Waals surface area contributed by atoms with Crippen LogP contribution in [-0.4, -0.2) is 33.4 Å². The summed E-state index contributed by atoms with van der Waals surface area (Å²) in [5, 5.41) is 19.1. The Kier molecular flexibility index (Phi) is 0.915. The Bertz CT molecular complexity index is 279. The summed E-state index contributed by atoms with van der Waals surface area (Å²) in [5.74, 6) is -2.11. The number of carbonyl (C=O) groups is 2. The molecule has 0 spiro atoms. The molecule has 0 aromatic rings. The quantitative estimate of drug-likeness (QED) is 0.346. The zero-order chi connectivity index (χ0) is 9.36. The minimum absolute atomic E-state index is 1.06. The number of esters is 2. The molecule has 2 unspecified atom stereocenters. The van der Waals surface area contributed by atoms with Crippen molar-refractivity contribution in [1.29, 1.82) is 0 Å². The minimum atomic E-state index is -2.03. The third-order valence-electron chi connectivity index (χ3n) is 3.05. The van der Waals surface area contributed by atoms with E-state index in [1.54, 1.807) is 0 Å². The van der Waals surface area contributed by atoms with E-state index in [2.05, 4.69) is 4.74 Å². The highest BCUT2D eigenvalue weighted by atomic mass is 16.6. The van der Waals surface area contributed by atoms with Gasteiger partial charge in [-0.2, -0.15) is 0 Å². The van der Waals surface area contributed by atoms with Gasteiger partial charge in [0.1, 0.15) is 0 Å². The van der Waals surface area contributed by atoms with Gasteiger partial charge in [-0.15, -0.1) is 0 Å². The molecule has 0 aromatic heterocycles. The van der Waals surface area contributed by atoms with Gasteiger partial charge >= 0.3 is 11.9 Å². The van der Waals surface area contributed by atoms with Gasteiger partial charge in [0, 0.05) is 0 Å². The number of fused-ring (bicyclic) bond motifs is 1. The van der Waals surface area contributed by atoms with E-state index in [9.17, 15) is 19.8 Å². The molecule has 2 rings (SSSR count). The Morgan fingerprint density at radius 3 is 1.58 bits per heavy atom. The van der Waals surface area contributed by atoms with Crippen molar-refractivity contribution < 1.29 is 24.5 Å². The van der Waals surface area contributed by atoms with E-state index in [0.29, 0.717) is 0 Å². The number of carbonyl (C=O) groups excluding carboxylic acids is 2. The maximum atomic E-state index is 10.9. The fourth-order valence-electron chi connectivity index (χ4n) is 1.87. The lowest BCUT2D eigenvalue weighted by Crippen LogP contribution is -2.27. The lowest BCUT2D eigenvalue weighted by Gasteiger charge is -2.09. The van der Waals surface area contributed by atoms with Gasteiger partial charge in [-0.05, 0) is 0 Å². The lowest BCUT2D eigenvalue weighted by atomic mass is 10.1. The van der Waals surface area contributed by atoms with Crippen LogP contribution in [0, 0.1) is 5.41 Å². The van der Waals surface area contributed by atoms with E-state index in [0.717, 1.165) is 0 Å². The Morgan fingerprint density at radius 1 is 1.08 bits per heavy atom. The molecule has 1 aliphatic heterocycles. The second kappa shape index (κ2) is 1.43. The first-order valence-electron chi connectivity index (χ1n) is 3.51. The molecular weight excluding hydrogens is 164 g/mol. The second-order valence-electron chi connectivity index (χ2n) is 3.72. The summed E-state index contributed by atoms with van der Waals surface area (Å²) >= 11 is 0. The topological polar surface area (TPSA) is 83.8 Å². The Balaban J connectivity index is 2.59. The Hall–Kier alpha value is -0.940. The van der Waals surface area contributed by atoms with Crippen LogP contribution in [0.1, 0.15) is 13.8 Å². The number of hydrogen-bond donors (Lipinski definition) is 2. The summed E-state index contributed by atoms with van der Waals surface area (Å²) in [7, 11) is 0. The molecule has 2 aliphatic rings. The number of hydrogen-bond acceptors (Lipinski definition) is 5. The summed E-state index contributed by atoms with van der Waals surface area (Å²) in [5.41, 5.74) is -5.19. The fraction of sp³-hybridized carbons (Fsp3) is 0.714. The first kappa shape index (κ1) is 7.70. The van der Waals surface area contributed by atoms with Crippen LogP contribution >= 0.6 is 0 Å². The van der Waals surface area contributed by atoms with Crippen molar-refractivity contribution in [1.82, 2.24) is 0 Å². The molecule has 0 aromatic carbocycles. The second-order valence-corrected chi connectivity index (χ2v) is 3.72. The predicted octanol–water partition coefficient (Wildman–Crippen LogP) is -1.43. The smallest absolute Gasteiger partial charge is 0.350 e. The van der Waals surface area contributed by atoms with Crippen molar-refractivity contribution in [3.8, 4) is 0 Å². The third-order valence-corrected chi connectivity index (χ3v) is 3.05. The number of ether oxygens (including phenoxy) is 1. The minimum Gasteiger partial charge on any atom is -0.389 e. The number of cyclic esters (lactones) is 2. The summed E-state index contributed by atoms with van der Waals surface area (Å²) < 4.78 is 4.09. The maximum Gasteiger partial charge on any atom is 0.350 e. The molecule has 1 saturated carbocycles. The molecular formula is C7H8O5. The standard InChI is InChI=1S/C7H8O5/c1-5(2)6(10)3(8)12-4(9)7(5,6)11/h10-11H,1-2H3. The van der Waals surface area contributed by atoms with Crippen LogP contribution in [0.4, 0.5) is 0 Å². The number of aliphatic hydroxyl groups is 2. The van der Waals surface area contributed by atoms with Crippen LogP contribution in [0.15, 0.2) is 0 Å². The van der Waals surface area contributed by atoms with Gasteiger partial charge in [-0.3, -0.25) is 0 Å². The van der Waals surface area contributed by atoms with Crippen molar-refractivity contribution in [2.24, 2.45) is 5.41 Å². The molecule has 1 aliphatic carbocycles. The molecule has 12 heavy (non-hydrogen) atoms. The normalized spacial score (nSPS) is 48.7. The van der Waals surface area contributed by atoms with E-state index in [-0.39, 0.29) is 0 Å². The predicted molar refractivity (Wildman–Crippen MR) is 34.8 cm³/mol. The molecule has 1 heterocycles. The SMILES string of the molecule is CC1(C)C2(O)C(=O)OC(=O)C12O. The summed E-state index contributed by atoms with van der Waals surface area (Å²) in [6.07, 6.45) is 0. The lowest BCUT2D eigenvalue weighted by molar-refractivity contribution is -0.164. The molecule has 2 fully saturated rings. The van der Waals surface area contributed by atoms with Crippen LogP contribution in [0.25, 0.3) is 0 Å². The molecule has 5 nitrogen and oxygen atoms in total. The van der Waals surface area contributed by atoms with E-state index >= 15 is 0 Å². The summed E-state index contributed by atoms with van der Waals surface area (Å²) in [6, 6.07) is 0. The Labute approximate surface area is 67.9 Å². The van der Waals surface area contributed by atoms with Crippen LogP contribution in [-0.2, 0) is 14.3 Å². The largest absolute Gasteiger partial charge is 0.389 e. The van der Waals surface area contributed by atoms with Gasteiger partial charge in [-0.25, -0.2) is 9.59 Å². The highest BCUT2D eigenvalue weighted by Crippen LogP contribution is 2.68. The molecule has 1 saturated heterocycles. The zero-order valence-electron chi connectivity index (χ0n) is 6.62. The fourth-order valence-corrected chi connectivity index (χ4v) is 1.87.